The fourth-order valence-corrected chi connectivity index (χ4v) is 2.83. The molecule has 0 amide bonds. The van der Waals surface area contributed by atoms with Gasteiger partial charge < -0.3 is 9.15 Å². The van der Waals surface area contributed by atoms with Crippen LogP contribution in [0.2, 0.25) is 0 Å². The van der Waals surface area contributed by atoms with Crippen LogP contribution in [-0.2, 0) is 0 Å². The molecule has 2 heterocycles. The summed E-state index contributed by atoms with van der Waals surface area (Å²) in [6, 6.07) is 13.1. The van der Waals surface area contributed by atoms with Gasteiger partial charge in [0, 0.05) is 11.5 Å². The standard InChI is InChI=1S/C19H16N2O3/c1-11-5-4-6-16(12(11)2)21-19(22)15-9-13-7-8-14(23-3)10-17(13)24-18(15)20-21/h4-10H,1-3H3. The molecular formula is C19H16N2O3. The average Bonchev–Trinajstić information content (AvgIpc) is 2.91. The largest absolute Gasteiger partial charge is 0.497 e. The monoisotopic (exact) mass is 320 g/mol. The van der Waals surface area contributed by atoms with Crippen LogP contribution in [0.25, 0.3) is 28.1 Å². The number of rotatable bonds is 2. The van der Waals surface area contributed by atoms with Crippen LogP contribution in [0.4, 0.5) is 0 Å². The van der Waals surface area contributed by atoms with Crippen molar-refractivity contribution in [2.45, 2.75) is 13.8 Å². The summed E-state index contributed by atoms with van der Waals surface area (Å²) in [5.41, 5.74) is 3.82. The summed E-state index contributed by atoms with van der Waals surface area (Å²) < 4.78 is 12.5. The number of benzene rings is 2. The van der Waals surface area contributed by atoms with Gasteiger partial charge in [0.05, 0.1) is 12.8 Å². The van der Waals surface area contributed by atoms with Crippen molar-refractivity contribution in [1.82, 2.24) is 9.78 Å². The van der Waals surface area contributed by atoms with Gasteiger partial charge in [-0.05, 0) is 49.2 Å². The molecule has 0 saturated heterocycles. The first-order chi connectivity index (χ1) is 11.6. The summed E-state index contributed by atoms with van der Waals surface area (Å²) in [4.78, 5) is 12.8. The first-order valence-electron chi connectivity index (χ1n) is 7.65. The zero-order chi connectivity index (χ0) is 16.8. The molecule has 0 saturated carbocycles. The molecule has 0 atom stereocenters. The fourth-order valence-electron chi connectivity index (χ4n) is 2.83. The maximum atomic E-state index is 12.8. The van der Waals surface area contributed by atoms with E-state index >= 15 is 0 Å². The van der Waals surface area contributed by atoms with Crippen molar-refractivity contribution in [3.8, 4) is 22.9 Å². The number of ether oxygens (including phenoxy) is 1. The predicted molar refractivity (Wildman–Crippen MR) is 92.3 cm³/mol. The average molecular weight is 320 g/mol. The van der Waals surface area contributed by atoms with Gasteiger partial charge in [-0.3, -0.25) is 4.79 Å². The fraction of sp³-hybridized carbons (Fsp3) is 0.158. The summed E-state index contributed by atoms with van der Waals surface area (Å²) >= 11 is 0. The molecule has 0 bridgehead atoms. The third-order valence-corrected chi connectivity index (χ3v) is 4.38. The van der Waals surface area contributed by atoms with Crippen LogP contribution in [-0.4, -0.2) is 16.9 Å². The molecule has 0 spiro atoms. The highest BCUT2D eigenvalue weighted by Crippen LogP contribution is 2.28. The Balaban J connectivity index is 2.01. The van der Waals surface area contributed by atoms with Crippen LogP contribution in [0.3, 0.4) is 0 Å². The lowest BCUT2D eigenvalue weighted by Crippen LogP contribution is -2.15. The number of aryl methyl sites for hydroxylation is 1. The lowest BCUT2D eigenvalue weighted by Gasteiger charge is -2.06. The normalized spacial score (nSPS) is 11.3. The van der Waals surface area contributed by atoms with E-state index in [2.05, 4.69) is 5.10 Å². The highest BCUT2D eigenvalue weighted by atomic mass is 16.5. The Morgan fingerprint density at radius 1 is 1.12 bits per heavy atom. The van der Waals surface area contributed by atoms with Gasteiger partial charge in [-0.25, -0.2) is 0 Å². The van der Waals surface area contributed by atoms with Gasteiger partial charge in [0.15, 0.2) is 0 Å². The number of aromatic nitrogens is 2. The van der Waals surface area contributed by atoms with E-state index in [0.29, 0.717) is 22.8 Å². The Bertz CT molecular complexity index is 1090. The minimum absolute atomic E-state index is 0.180. The van der Waals surface area contributed by atoms with Gasteiger partial charge in [0.1, 0.15) is 16.9 Å². The molecule has 0 radical (unpaired) electrons. The predicted octanol–water partition coefficient (Wildman–Crippen LogP) is 3.71. The molecule has 0 unspecified atom stereocenters. The zero-order valence-corrected chi connectivity index (χ0v) is 13.7. The lowest BCUT2D eigenvalue weighted by molar-refractivity contribution is 0.414. The molecule has 2 aromatic carbocycles. The number of fused-ring (bicyclic) bond motifs is 2. The van der Waals surface area contributed by atoms with Crippen LogP contribution in [0, 0.1) is 13.8 Å². The molecular weight excluding hydrogens is 304 g/mol. The minimum atomic E-state index is -0.180. The van der Waals surface area contributed by atoms with Crippen LogP contribution < -0.4 is 10.3 Å². The Kier molecular flexibility index (Phi) is 3.16. The highest BCUT2D eigenvalue weighted by Gasteiger charge is 2.20. The quantitative estimate of drug-likeness (QED) is 0.565. The smallest absolute Gasteiger partial charge is 0.284 e. The second-order valence-corrected chi connectivity index (χ2v) is 5.80. The van der Waals surface area contributed by atoms with E-state index < -0.39 is 0 Å². The zero-order valence-electron chi connectivity index (χ0n) is 13.7. The van der Waals surface area contributed by atoms with Crippen molar-refractivity contribution < 1.29 is 9.15 Å². The molecule has 2 aliphatic heterocycles. The minimum Gasteiger partial charge on any atom is -0.497 e. The first kappa shape index (κ1) is 14.5. The summed E-state index contributed by atoms with van der Waals surface area (Å²) in [5.74, 6) is 1.02. The first-order valence-corrected chi connectivity index (χ1v) is 7.65. The molecule has 0 N–H and O–H groups in total. The molecule has 4 rings (SSSR count). The summed E-state index contributed by atoms with van der Waals surface area (Å²) in [5, 5.41) is 5.22. The number of methoxy groups -OCH3 is 1. The SMILES string of the molecule is COc1ccc2cc3c(=O)n(-c4cccc(C)c4C)nc-3oc2c1. The van der Waals surface area contributed by atoms with Gasteiger partial charge in [0.2, 0.25) is 5.89 Å². The van der Waals surface area contributed by atoms with Crippen LogP contribution in [0.15, 0.2) is 51.7 Å². The number of nitrogens with zero attached hydrogens (tertiary/aromatic N) is 2. The highest BCUT2D eigenvalue weighted by molar-refractivity contribution is 5.83. The van der Waals surface area contributed by atoms with E-state index in [9.17, 15) is 4.79 Å². The second-order valence-electron chi connectivity index (χ2n) is 5.80. The van der Waals surface area contributed by atoms with E-state index in [4.69, 9.17) is 9.15 Å². The van der Waals surface area contributed by atoms with E-state index in [1.54, 1.807) is 13.2 Å². The van der Waals surface area contributed by atoms with Crippen molar-refractivity contribution >= 4 is 11.0 Å². The van der Waals surface area contributed by atoms with Gasteiger partial charge in [-0.1, -0.05) is 12.1 Å². The topological polar surface area (TPSA) is 57.3 Å². The molecule has 5 nitrogen and oxygen atoms in total. The Morgan fingerprint density at radius 2 is 1.96 bits per heavy atom. The maximum absolute atomic E-state index is 12.8. The maximum Gasteiger partial charge on any atom is 0.284 e. The Morgan fingerprint density at radius 3 is 2.75 bits per heavy atom. The van der Waals surface area contributed by atoms with E-state index in [1.807, 2.05) is 50.2 Å². The van der Waals surface area contributed by atoms with Crippen molar-refractivity contribution in [2.24, 2.45) is 0 Å². The van der Waals surface area contributed by atoms with Gasteiger partial charge >= 0.3 is 0 Å². The van der Waals surface area contributed by atoms with E-state index in [0.717, 1.165) is 22.2 Å². The van der Waals surface area contributed by atoms with Crippen LogP contribution in [0.5, 0.6) is 5.75 Å². The van der Waals surface area contributed by atoms with Crippen LogP contribution >= 0.6 is 0 Å². The number of hydrogen-bond acceptors (Lipinski definition) is 4. The van der Waals surface area contributed by atoms with Crippen molar-refractivity contribution in [1.29, 1.82) is 0 Å². The van der Waals surface area contributed by atoms with E-state index in [1.165, 1.54) is 4.68 Å². The van der Waals surface area contributed by atoms with E-state index in [-0.39, 0.29) is 5.56 Å². The van der Waals surface area contributed by atoms with Crippen molar-refractivity contribution in [3.63, 3.8) is 0 Å². The molecule has 5 heteroatoms. The molecule has 0 fully saturated rings. The number of hydrogen-bond donors (Lipinski definition) is 0. The summed E-state index contributed by atoms with van der Waals surface area (Å²) in [6.07, 6.45) is 0. The molecule has 120 valence electrons. The summed E-state index contributed by atoms with van der Waals surface area (Å²) in [6.45, 7) is 3.99. The van der Waals surface area contributed by atoms with Gasteiger partial charge in [0.25, 0.3) is 5.56 Å². The third kappa shape index (κ3) is 2.09. The lowest BCUT2D eigenvalue weighted by atomic mass is 10.1. The Labute approximate surface area is 138 Å². The van der Waals surface area contributed by atoms with Gasteiger partial charge in [-0.15, -0.1) is 5.10 Å². The molecule has 24 heavy (non-hydrogen) atoms. The molecule has 2 aliphatic rings. The second kappa shape index (κ2) is 5.23. The third-order valence-electron chi connectivity index (χ3n) is 4.38. The molecule has 0 aliphatic carbocycles. The Hall–Kier alpha value is -3.08. The molecule has 2 aromatic rings. The van der Waals surface area contributed by atoms with Crippen LogP contribution in [0.1, 0.15) is 11.1 Å². The van der Waals surface area contributed by atoms with Gasteiger partial charge in [-0.2, -0.15) is 4.68 Å². The van der Waals surface area contributed by atoms with Crippen molar-refractivity contribution in [3.05, 3.63) is 63.9 Å². The van der Waals surface area contributed by atoms with Crippen molar-refractivity contribution in [2.75, 3.05) is 7.11 Å². The molecule has 0 aromatic heterocycles. The summed E-state index contributed by atoms with van der Waals surface area (Å²) in [7, 11) is 1.60.